The standard InChI is InChI=1S/C26H36N4O2/c1-18-16-19(2)25(28(4)5)20(3)24(18)27-17-23(31)29(6)22-12-14-30(15-13-22)26(32)21-10-8-7-9-11-21/h7-11,16,22,27H,12-15,17H2,1-6H3. The molecular weight excluding hydrogens is 400 g/mol. The zero-order valence-corrected chi connectivity index (χ0v) is 20.2. The van der Waals surface area contributed by atoms with E-state index in [2.05, 4.69) is 37.1 Å². The Morgan fingerprint density at radius 2 is 1.62 bits per heavy atom. The average Bonchev–Trinajstić information content (AvgIpc) is 2.78. The van der Waals surface area contributed by atoms with Crippen molar-refractivity contribution < 1.29 is 9.59 Å². The number of likely N-dealkylation sites (tertiary alicyclic amines) is 1. The number of hydrogen-bond donors (Lipinski definition) is 1. The molecule has 2 amide bonds. The summed E-state index contributed by atoms with van der Waals surface area (Å²) in [4.78, 5) is 31.5. The number of hydrogen-bond acceptors (Lipinski definition) is 4. The molecule has 3 rings (SSSR count). The van der Waals surface area contributed by atoms with Gasteiger partial charge in [-0.05, 0) is 62.4 Å². The van der Waals surface area contributed by atoms with Crippen LogP contribution in [-0.2, 0) is 4.79 Å². The van der Waals surface area contributed by atoms with Crippen LogP contribution in [0.25, 0.3) is 0 Å². The van der Waals surface area contributed by atoms with E-state index in [0.29, 0.717) is 13.1 Å². The summed E-state index contributed by atoms with van der Waals surface area (Å²) in [5, 5.41) is 3.39. The summed E-state index contributed by atoms with van der Waals surface area (Å²) in [7, 11) is 5.97. The van der Waals surface area contributed by atoms with Gasteiger partial charge < -0.3 is 20.0 Å². The number of nitrogens with zero attached hydrogens (tertiary/aromatic N) is 3. The van der Waals surface area contributed by atoms with Crippen LogP contribution in [0.15, 0.2) is 36.4 Å². The first-order valence-electron chi connectivity index (χ1n) is 11.3. The number of amides is 2. The van der Waals surface area contributed by atoms with Crippen LogP contribution in [0.1, 0.15) is 39.9 Å². The van der Waals surface area contributed by atoms with Gasteiger partial charge in [-0.3, -0.25) is 9.59 Å². The summed E-state index contributed by atoms with van der Waals surface area (Å²) in [6, 6.07) is 11.7. The first-order valence-corrected chi connectivity index (χ1v) is 11.3. The normalized spacial score (nSPS) is 14.2. The molecule has 6 heteroatoms. The molecule has 0 saturated carbocycles. The van der Waals surface area contributed by atoms with E-state index >= 15 is 0 Å². The first kappa shape index (κ1) is 23.6. The second-order valence-electron chi connectivity index (χ2n) is 9.00. The molecule has 0 atom stereocenters. The van der Waals surface area contributed by atoms with Crippen molar-refractivity contribution in [2.24, 2.45) is 0 Å². The van der Waals surface area contributed by atoms with E-state index in [0.717, 1.165) is 35.2 Å². The van der Waals surface area contributed by atoms with E-state index in [1.807, 2.05) is 61.3 Å². The van der Waals surface area contributed by atoms with Gasteiger partial charge in [0.25, 0.3) is 5.91 Å². The quantitative estimate of drug-likeness (QED) is 0.747. The van der Waals surface area contributed by atoms with Crippen LogP contribution in [0.2, 0.25) is 0 Å². The Balaban J connectivity index is 1.57. The van der Waals surface area contributed by atoms with Gasteiger partial charge in [-0.2, -0.15) is 0 Å². The van der Waals surface area contributed by atoms with E-state index in [4.69, 9.17) is 0 Å². The molecule has 0 aliphatic carbocycles. The van der Waals surface area contributed by atoms with Gasteiger partial charge in [0.15, 0.2) is 0 Å². The fourth-order valence-corrected chi connectivity index (χ4v) is 4.85. The lowest BCUT2D eigenvalue weighted by Crippen LogP contribution is -2.48. The van der Waals surface area contributed by atoms with Crippen LogP contribution >= 0.6 is 0 Å². The minimum atomic E-state index is 0.0710. The lowest BCUT2D eigenvalue weighted by atomic mass is 10.0. The van der Waals surface area contributed by atoms with Crippen molar-refractivity contribution in [2.75, 3.05) is 51.0 Å². The number of rotatable bonds is 6. The van der Waals surface area contributed by atoms with Gasteiger partial charge in [0.2, 0.25) is 5.91 Å². The highest BCUT2D eigenvalue weighted by Gasteiger charge is 2.28. The third-order valence-corrected chi connectivity index (χ3v) is 6.51. The van der Waals surface area contributed by atoms with Crippen molar-refractivity contribution in [1.82, 2.24) is 9.80 Å². The molecule has 0 aromatic heterocycles. The zero-order chi connectivity index (χ0) is 23.4. The van der Waals surface area contributed by atoms with Gasteiger partial charge in [-0.1, -0.05) is 24.3 Å². The number of aryl methyl sites for hydroxylation is 2. The average molecular weight is 437 g/mol. The number of piperidine rings is 1. The van der Waals surface area contributed by atoms with Crippen LogP contribution in [0.4, 0.5) is 11.4 Å². The molecule has 6 nitrogen and oxygen atoms in total. The summed E-state index contributed by atoms with van der Waals surface area (Å²) in [5.41, 5.74) is 6.49. The van der Waals surface area contributed by atoms with Crippen molar-refractivity contribution in [3.63, 3.8) is 0 Å². The Morgan fingerprint density at radius 1 is 1.00 bits per heavy atom. The first-order chi connectivity index (χ1) is 15.2. The molecule has 1 saturated heterocycles. The van der Waals surface area contributed by atoms with Crippen molar-refractivity contribution in [1.29, 1.82) is 0 Å². The number of nitrogens with one attached hydrogen (secondary N) is 1. The fourth-order valence-electron chi connectivity index (χ4n) is 4.85. The Hall–Kier alpha value is -3.02. The number of likely N-dealkylation sites (N-methyl/N-ethyl adjacent to an activating group) is 1. The lowest BCUT2D eigenvalue weighted by Gasteiger charge is -2.37. The van der Waals surface area contributed by atoms with Crippen molar-refractivity contribution in [2.45, 2.75) is 39.7 Å². The highest BCUT2D eigenvalue weighted by atomic mass is 16.2. The molecular formula is C26H36N4O2. The monoisotopic (exact) mass is 436 g/mol. The molecule has 0 radical (unpaired) electrons. The molecule has 1 aliphatic rings. The van der Waals surface area contributed by atoms with E-state index in [-0.39, 0.29) is 24.4 Å². The summed E-state index contributed by atoms with van der Waals surface area (Å²) in [5.74, 6) is 0.144. The minimum Gasteiger partial charge on any atom is -0.377 e. The van der Waals surface area contributed by atoms with Crippen LogP contribution in [-0.4, -0.2) is 68.4 Å². The Kier molecular flexibility index (Phi) is 7.44. The van der Waals surface area contributed by atoms with Gasteiger partial charge in [0.05, 0.1) is 6.54 Å². The molecule has 0 unspecified atom stereocenters. The van der Waals surface area contributed by atoms with Crippen molar-refractivity contribution in [3.8, 4) is 0 Å². The molecule has 1 aliphatic heterocycles. The SMILES string of the molecule is Cc1cc(C)c(N(C)C)c(C)c1NCC(=O)N(C)C1CCN(C(=O)c2ccccc2)CC1. The number of carbonyl (C=O) groups is 2. The third-order valence-electron chi connectivity index (χ3n) is 6.51. The van der Waals surface area contributed by atoms with Crippen LogP contribution < -0.4 is 10.2 Å². The van der Waals surface area contributed by atoms with E-state index in [1.54, 1.807) is 0 Å². The molecule has 1 fully saturated rings. The van der Waals surface area contributed by atoms with E-state index < -0.39 is 0 Å². The smallest absolute Gasteiger partial charge is 0.253 e. The van der Waals surface area contributed by atoms with Crippen molar-refractivity contribution >= 4 is 23.2 Å². The molecule has 0 bridgehead atoms. The molecule has 2 aromatic rings. The topological polar surface area (TPSA) is 55.9 Å². The maximum absolute atomic E-state index is 12.9. The summed E-state index contributed by atoms with van der Waals surface area (Å²) in [6.45, 7) is 7.91. The van der Waals surface area contributed by atoms with Crippen LogP contribution in [0.3, 0.4) is 0 Å². The molecule has 2 aromatic carbocycles. The number of anilines is 2. The predicted molar refractivity (Wildman–Crippen MR) is 132 cm³/mol. The van der Waals surface area contributed by atoms with Gasteiger partial charge in [0, 0.05) is 57.2 Å². The van der Waals surface area contributed by atoms with E-state index in [9.17, 15) is 9.59 Å². The minimum absolute atomic E-state index is 0.0710. The predicted octanol–water partition coefficient (Wildman–Crippen LogP) is 3.85. The van der Waals surface area contributed by atoms with Crippen LogP contribution in [0, 0.1) is 20.8 Å². The Labute approximate surface area is 192 Å². The molecule has 1 N–H and O–H groups in total. The Bertz CT molecular complexity index is 964. The second kappa shape index (κ2) is 10.1. The third kappa shape index (κ3) is 5.06. The number of benzene rings is 2. The van der Waals surface area contributed by atoms with Gasteiger partial charge in [-0.25, -0.2) is 0 Å². The summed E-state index contributed by atoms with van der Waals surface area (Å²) < 4.78 is 0. The number of carbonyl (C=O) groups excluding carboxylic acids is 2. The van der Waals surface area contributed by atoms with E-state index in [1.165, 1.54) is 11.3 Å². The zero-order valence-electron chi connectivity index (χ0n) is 20.2. The summed E-state index contributed by atoms with van der Waals surface area (Å²) >= 11 is 0. The van der Waals surface area contributed by atoms with Crippen LogP contribution in [0.5, 0.6) is 0 Å². The summed E-state index contributed by atoms with van der Waals surface area (Å²) in [6.07, 6.45) is 1.60. The maximum atomic E-state index is 12.9. The molecule has 172 valence electrons. The fraction of sp³-hybridized carbons (Fsp3) is 0.462. The van der Waals surface area contributed by atoms with Crippen molar-refractivity contribution in [3.05, 3.63) is 58.7 Å². The highest BCUT2D eigenvalue weighted by Crippen LogP contribution is 2.32. The maximum Gasteiger partial charge on any atom is 0.253 e. The van der Waals surface area contributed by atoms with Gasteiger partial charge in [0.1, 0.15) is 0 Å². The van der Waals surface area contributed by atoms with Gasteiger partial charge >= 0.3 is 0 Å². The second-order valence-corrected chi connectivity index (χ2v) is 9.00. The molecule has 0 spiro atoms. The highest BCUT2D eigenvalue weighted by molar-refractivity contribution is 5.94. The molecule has 1 heterocycles. The lowest BCUT2D eigenvalue weighted by molar-refractivity contribution is -0.130. The largest absolute Gasteiger partial charge is 0.377 e. The molecule has 32 heavy (non-hydrogen) atoms. The Morgan fingerprint density at radius 3 is 2.22 bits per heavy atom. The van der Waals surface area contributed by atoms with Gasteiger partial charge in [-0.15, -0.1) is 0 Å².